The molecule has 1 aromatic rings. The normalized spacial score (nSPS) is 15.5. The van der Waals surface area contributed by atoms with Crippen molar-refractivity contribution < 1.29 is 17.9 Å². The van der Waals surface area contributed by atoms with Crippen LogP contribution in [-0.4, -0.2) is 88.2 Å². The van der Waals surface area contributed by atoms with Gasteiger partial charge in [-0.3, -0.25) is 9.79 Å². The summed E-state index contributed by atoms with van der Waals surface area (Å²) in [6.07, 6.45) is 0.0199. The summed E-state index contributed by atoms with van der Waals surface area (Å²) < 4.78 is 31.9. The average molecular weight is 567 g/mol. The molecule has 9 nitrogen and oxygen atoms in total. The van der Waals surface area contributed by atoms with Gasteiger partial charge >= 0.3 is 0 Å². The van der Waals surface area contributed by atoms with Crippen LogP contribution in [0.2, 0.25) is 0 Å². The number of benzene rings is 1. The van der Waals surface area contributed by atoms with Crippen LogP contribution in [0.25, 0.3) is 0 Å². The summed E-state index contributed by atoms with van der Waals surface area (Å²) in [4.78, 5) is 18.0. The summed E-state index contributed by atoms with van der Waals surface area (Å²) in [5, 5.41) is 5.90. The van der Waals surface area contributed by atoms with E-state index < -0.39 is 10.0 Å². The first-order valence-corrected chi connectivity index (χ1v) is 11.7. The Balaban J connectivity index is 0.00000480. The minimum atomic E-state index is -3.31. The van der Waals surface area contributed by atoms with Crippen molar-refractivity contribution in [2.45, 2.75) is 26.5 Å². The van der Waals surface area contributed by atoms with E-state index in [0.717, 1.165) is 11.5 Å². The van der Waals surface area contributed by atoms with Gasteiger partial charge in [0.1, 0.15) is 0 Å². The first-order chi connectivity index (χ1) is 14.3. The van der Waals surface area contributed by atoms with Crippen molar-refractivity contribution in [1.82, 2.24) is 19.8 Å². The van der Waals surface area contributed by atoms with Gasteiger partial charge in [-0.15, -0.1) is 24.0 Å². The third kappa shape index (κ3) is 8.54. The SMILES string of the molecule is CN=C(NCc1ccc(C(=O)NC)cc1)N1CCN(S(=O)(=O)CCOC(C)C)CC1.I. The number of nitrogens with one attached hydrogen (secondary N) is 2. The Kier molecular flexibility index (Phi) is 11.7. The molecule has 1 aliphatic heterocycles. The Morgan fingerprint density at radius 3 is 2.29 bits per heavy atom. The summed E-state index contributed by atoms with van der Waals surface area (Å²) >= 11 is 0. The van der Waals surface area contributed by atoms with Gasteiger partial charge in [0.15, 0.2) is 5.96 Å². The van der Waals surface area contributed by atoms with Crippen molar-refractivity contribution in [1.29, 1.82) is 0 Å². The van der Waals surface area contributed by atoms with Crippen molar-refractivity contribution in [3.63, 3.8) is 0 Å². The maximum Gasteiger partial charge on any atom is 0.251 e. The van der Waals surface area contributed by atoms with Gasteiger partial charge in [0.25, 0.3) is 5.91 Å². The van der Waals surface area contributed by atoms with Gasteiger partial charge in [0.05, 0.1) is 18.5 Å². The topological polar surface area (TPSA) is 103 Å². The number of carbonyl (C=O) groups excluding carboxylic acids is 1. The number of rotatable bonds is 8. The summed E-state index contributed by atoms with van der Waals surface area (Å²) in [6, 6.07) is 7.36. The average Bonchev–Trinajstić information content (AvgIpc) is 2.74. The Morgan fingerprint density at radius 1 is 1.16 bits per heavy atom. The van der Waals surface area contributed by atoms with Crippen molar-refractivity contribution >= 4 is 45.9 Å². The van der Waals surface area contributed by atoms with Gasteiger partial charge < -0.3 is 20.3 Å². The molecule has 0 spiro atoms. The summed E-state index contributed by atoms with van der Waals surface area (Å²) in [6.45, 7) is 6.53. The summed E-state index contributed by atoms with van der Waals surface area (Å²) in [5.41, 5.74) is 1.64. The molecule has 11 heteroatoms. The van der Waals surface area contributed by atoms with Crippen LogP contribution in [0, 0.1) is 0 Å². The van der Waals surface area contributed by atoms with Crippen molar-refractivity contribution in [2.75, 3.05) is 52.6 Å². The Bertz CT molecular complexity index is 822. The maximum absolute atomic E-state index is 12.5. The monoisotopic (exact) mass is 567 g/mol. The van der Waals surface area contributed by atoms with E-state index in [9.17, 15) is 13.2 Å². The molecule has 176 valence electrons. The molecule has 1 saturated heterocycles. The zero-order valence-corrected chi connectivity index (χ0v) is 21.8. The number of nitrogens with zero attached hydrogens (tertiary/aromatic N) is 3. The largest absolute Gasteiger partial charge is 0.378 e. The molecule has 1 amide bonds. The lowest BCUT2D eigenvalue weighted by Gasteiger charge is -2.35. The summed E-state index contributed by atoms with van der Waals surface area (Å²) in [7, 11) is 0.000305. The Morgan fingerprint density at radius 2 is 1.77 bits per heavy atom. The highest BCUT2D eigenvalue weighted by Crippen LogP contribution is 2.10. The number of hydrogen-bond acceptors (Lipinski definition) is 5. The molecule has 2 N–H and O–H groups in total. The molecule has 1 aliphatic rings. The van der Waals surface area contributed by atoms with E-state index in [4.69, 9.17) is 4.74 Å². The van der Waals surface area contributed by atoms with Crippen LogP contribution in [0.3, 0.4) is 0 Å². The van der Waals surface area contributed by atoms with E-state index in [2.05, 4.69) is 20.5 Å². The van der Waals surface area contributed by atoms with E-state index in [1.54, 1.807) is 26.2 Å². The van der Waals surface area contributed by atoms with Crippen molar-refractivity contribution in [3.05, 3.63) is 35.4 Å². The highest BCUT2D eigenvalue weighted by atomic mass is 127. The Hall–Kier alpha value is -1.44. The number of sulfonamides is 1. The number of halogens is 1. The van der Waals surface area contributed by atoms with Gasteiger partial charge in [-0.2, -0.15) is 4.31 Å². The molecule has 0 aliphatic carbocycles. The highest BCUT2D eigenvalue weighted by Gasteiger charge is 2.28. The minimum absolute atomic E-state index is 0. The number of aliphatic imine (C=N–C) groups is 1. The molecule has 1 aromatic carbocycles. The second kappa shape index (κ2) is 13.2. The van der Waals surface area contributed by atoms with Gasteiger partial charge in [-0.05, 0) is 31.5 Å². The van der Waals surface area contributed by atoms with E-state index in [-0.39, 0.29) is 48.3 Å². The molecule has 2 rings (SSSR count). The van der Waals surface area contributed by atoms with E-state index in [0.29, 0.717) is 38.3 Å². The van der Waals surface area contributed by atoms with Crippen LogP contribution in [0.1, 0.15) is 29.8 Å². The van der Waals surface area contributed by atoms with Gasteiger partial charge in [0.2, 0.25) is 10.0 Å². The molecular formula is C20H34IN5O4S. The lowest BCUT2D eigenvalue weighted by molar-refractivity contribution is 0.0904. The van der Waals surface area contributed by atoms with Crippen LogP contribution >= 0.6 is 24.0 Å². The van der Waals surface area contributed by atoms with E-state index in [1.165, 1.54) is 4.31 Å². The fourth-order valence-corrected chi connectivity index (χ4v) is 4.41. The first kappa shape index (κ1) is 27.6. The lowest BCUT2D eigenvalue weighted by atomic mass is 10.1. The smallest absolute Gasteiger partial charge is 0.251 e. The number of guanidine groups is 1. The quantitative estimate of drug-likeness (QED) is 0.277. The number of ether oxygens (including phenoxy) is 1. The summed E-state index contributed by atoms with van der Waals surface area (Å²) in [5.74, 6) is 0.615. The van der Waals surface area contributed by atoms with Crippen molar-refractivity contribution in [3.8, 4) is 0 Å². The predicted octanol–water partition coefficient (Wildman–Crippen LogP) is 1.11. The Labute approximate surface area is 202 Å². The molecule has 1 heterocycles. The number of carbonyl (C=O) groups is 1. The van der Waals surface area contributed by atoms with Gasteiger partial charge in [-0.1, -0.05) is 12.1 Å². The zero-order chi connectivity index (χ0) is 22.1. The molecule has 0 atom stereocenters. The number of amides is 1. The minimum Gasteiger partial charge on any atom is -0.378 e. The number of hydrogen-bond donors (Lipinski definition) is 2. The van der Waals surface area contributed by atoms with Crippen LogP contribution < -0.4 is 10.6 Å². The molecule has 0 aromatic heterocycles. The highest BCUT2D eigenvalue weighted by molar-refractivity contribution is 14.0. The van der Waals surface area contributed by atoms with Crippen LogP contribution in [0.5, 0.6) is 0 Å². The standard InChI is InChI=1S/C20H33N5O4S.HI/c1-16(2)29-13-14-30(27,28)25-11-9-24(10-12-25)20(22-4)23-15-17-5-7-18(8-6-17)19(26)21-3;/h5-8,16H,9-15H2,1-4H3,(H,21,26)(H,22,23);1H. The molecular weight excluding hydrogens is 533 g/mol. The van der Waals surface area contributed by atoms with Crippen LogP contribution in [0.4, 0.5) is 0 Å². The second-order valence-corrected chi connectivity index (χ2v) is 9.39. The molecule has 0 saturated carbocycles. The zero-order valence-electron chi connectivity index (χ0n) is 18.6. The lowest BCUT2D eigenvalue weighted by Crippen LogP contribution is -2.54. The molecule has 1 fully saturated rings. The van der Waals surface area contributed by atoms with Crippen LogP contribution in [-0.2, 0) is 21.3 Å². The second-order valence-electron chi connectivity index (χ2n) is 7.30. The maximum atomic E-state index is 12.5. The van der Waals surface area contributed by atoms with Gasteiger partial charge in [-0.25, -0.2) is 8.42 Å². The molecule has 0 radical (unpaired) electrons. The fraction of sp³-hybridized carbons (Fsp3) is 0.600. The number of piperazine rings is 1. The third-order valence-corrected chi connectivity index (χ3v) is 6.66. The van der Waals surface area contributed by atoms with Crippen LogP contribution in [0.15, 0.2) is 29.3 Å². The predicted molar refractivity (Wildman–Crippen MR) is 133 cm³/mol. The van der Waals surface area contributed by atoms with Gasteiger partial charge in [0, 0.05) is 52.4 Å². The van der Waals surface area contributed by atoms with E-state index in [1.807, 2.05) is 26.0 Å². The molecule has 0 bridgehead atoms. The molecule has 0 unspecified atom stereocenters. The first-order valence-electron chi connectivity index (χ1n) is 10.1. The molecule has 31 heavy (non-hydrogen) atoms. The third-order valence-electron chi connectivity index (χ3n) is 4.83. The fourth-order valence-electron chi connectivity index (χ4n) is 3.13. The van der Waals surface area contributed by atoms with Crippen molar-refractivity contribution in [2.24, 2.45) is 4.99 Å². The van der Waals surface area contributed by atoms with E-state index >= 15 is 0 Å².